The van der Waals surface area contributed by atoms with Crippen LogP contribution in [-0.2, 0) is 0 Å². The maximum atomic E-state index is 3.55. The van der Waals surface area contributed by atoms with Crippen LogP contribution < -0.4 is 5.32 Å². The van der Waals surface area contributed by atoms with Gasteiger partial charge in [0.2, 0.25) is 0 Å². The van der Waals surface area contributed by atoms with Crippen molar-refractivity contribution in [2.45, 2.75) is 77.5 Å². The lowest BCUT2D eigenvalue weighted by Gasteiger charge is -2.41. The highest BCUT2D eigenvalue weighted by Crippen LogP contribution is 2.41. The zero-order chi connectivity index (χ0) is 13.6. The Morgan fingerprint density at radius 2 is 1.89 bits per heavy atom. The molecule has 1 fully saturated rings. The molecule has 3 unspecified atom stereocenters. The highest BCUT2D eigenvalue weighted by Gasteiger charge is 2.35. The van der Waals surface area contributed by atoms with Gasteiger partial charge in [0.05, 0.1) is 0 Å². The molecule has 2 heteroatoms. The monoisotopic (exact) mass is 271 g/mol. The minimum absolute atomic E-state index is 0.487. The van der Waals surface area contributed by atoms with E-state index < -0.39 is 0 Å². The summed E-state index contributed by atoms with van der Waals surface area (Å²) >= 11 is 2.23. The van der Waals surface area contributed by atoms with Crippen LogP contribution in [0.25, 0.3) is 0 Å². The molecule has 0 saturated heterocycles. The summed E-state index contributed by atoms with van der Waals surface area (Å²) in [5.41, 5.74) is 0.487. The molecular formula is C16H33NS. The number of thioether (sulfide) groups is 1. The molecule has 18 heavy (non-hydrogen) atoms. The van der Waals surface area contributed by atoms with Gasteiger partial charge in [-0.3, -0.25) is 0 Å². The summed E-state index contributed by atoms with van der Waals surface area (Å²) in [5, 5.41) is 4.38. The van der Waals surface area contributed by atoms with Crippen molar-refractivity contribution in [2.24, 2.45) is 11.3 Å². The second-order valence-corrected chi connectivity index (χ2v) is 8.23. The van der Waals surface area contributed by atoms with Crippen molar-refractivity contribution in [2.75, 3.05) is 12.8 Å². The summed E-state index contributed by atoms with van der Waals surface area (Å²) in [6.45, 7) is 9.53. The molecule has 1 saturated carbocycles. The third-order valence-corrected chi connectivity index (χ3v) is 5.94. The first kappa shape index (κ1) is 16.4. The Labute approximate surface area is 119 Å². The minimum atomic E-state index is 0.487. The largest absolute Gasteiger partial charge is 0.316 e. The van der Waals surface area contributed by atoms with E-state index in [1.807, 2.05) is 0 Å². The van der Waals surface area contributed by atoms with Crippen molar-refractivity contribution in [1.29, 1.82) is 0 Å². The topological polar surface area (TPSA) is 12.0 Å². The van der Waals surface area contributed by atoms with E-state index in [9.17, 15) is 0 Å². The molecule has 0 spiro atoms. The van der Waals surface area contributed by atoms with Gasteiger partial charge in [0, 0.05) is 11.3 Å². The minimum Gasteiger partial charge on any atom is -0.316 e. The van der Waals surface area contributed by atoms with Crippen molar-refractivity contribution in [1.82, 2.24) is 5.32 Å². The van der Waals surface area contributed by atoms with Gasteiger partial charge in [0.15, 0.2) is 0 Å². The average Bonchev–Trinajstić information content (AvgIpc) is 2.33. The van der Waals surface area contributed by atoms with Crippen LogP contribution in [0.4, 0.5) is 0 Å². The van der Waals surface area contributed by atoms with E-state index in [2.05, 4.69) is 51.8 Å². The molecule has 1 rings (SSSR count). The molecule has 1 nitrogen and oxygen atoms in total. The average molecular weight is 272 g/mol. The molecular weight excluding hydrogens is 238 g/mol. The summed E-state index contributed by atoms with van der Waals surface area (Å²) in [6.07, 6.45) is 8.31. The quantitative estimate of drug-likeness (QED) is 0.702. The third-order valence-electron chi connectivity index (χ3n) is 4.47. The fourth-order valence-corrected chi connectivity index (χ4v) is 4.56. The molecule has 0 heterocycles. The molecule has 0 aromatic carbocycles. The van der Waals surface area contributed by atoms with Crippen molar-refractivity contribution in [3.63, 3.8) is 0 Å². The van der Waals surface area contributed by atoms with E-state index >= 15 is 0 Å². The molecule has 1 aliphatic rings. The number of hydrogen-bond donors (Lipinski definition) is 1. The van der Waals surface area contributed by atoms with E-state index in [1.165, 1.54) is 44.3 Å². The van der Waals surface area contributed by atoms with Gasteiger partial charge >= 0.3 is 0 Å². The zero-order valence-corrected chi connectivity index (χ0v) is 13.9. The predicted molar refractivity (Wildman–Crippen MR) is 85.4 cm³/mol. The van der Waals surface area contributed by atoms with Crippen LogP contribution in [-0.4, -0.2) is 24.1 Å². The lowest BCUT2D eigenvalue weighted by atomic mass is 9.71. The van der Waals surface area contributed by atoms with E-state index in [4.69, 9.17) is 0 Å². The Balaban J connectivity index is 2.43. The summed E-state index contributed by atoms with van der Waals surface area (Å²) in [6, 6.07) is 0.746. The van der Waals surface area contributed by atoms with Gasteiger partial charge in [-0.15, -0.1) is 0 Å². The Hall–Kier alpha value is 0.310. The van der Waals surface area contributed by atoms with Crippen LogP contribution in [0.1, 0.15) is 66.2 Å². The first-order chi connectivity index (χ1) is 8.49. The van der Waals surface area contributed by atoms with Gasteiger partial charge in [-0.2, -0.15) is 11.8 Å². The molecule has 1 aliphatic carbocycles. The Morgan fingerprint density at radius 1 is 1.17 bits per heavy atom. The summed E-state index contributed by atoms with van der Waals surface area (Å²) in [5.74, 6) is 2.26. The van der Waals surface area contributed by atoms with Crippen LogP contribution >= 0.6 is 11.8 Å². The van der Waals surface area contributed by atoms with Crippen LogP contribution in [0.5, 0.6) is 0 Å². The van der Waals surface area contributed by atoms with Crippen molar-refractivity contribution in [3.05, 3.63) is 0 Å². The fraction of sp³-hybridized carbons (Fsp3) is 1.00. The van der Waals surface area contributed by atoms with E-state index in [1.54, 1.807) is 0 Å². The lowest BCUT2D eigenvalue weighted by molar-refractivity contribution is 0.167. The van der Waals surface area contributed by atoms with Gasteiger partial charge in [-0.25, -0.2) is 0 Å². The van der Waals surface area contributed by atoms with Crippen molar-refractivity contribution in [3.8, 4) is 0 Å². The van der Waals surface area contributed by atoms with Gasteiger partial charge in [-0.05, 0) is 49.8 Å². The SMILES string of the molecule is CCCCCSC1CC(C(C)(C)C)CCC1NC. The number of rotatable bonds is 6. The molecule has 0 aliphatic heterocycles. The zero-order valence-electron chi connectivity index (χ0n) is 13.1. The van der Waals surface area contributed by atoms with E-state index in [-0.39, 0.29) is 0 Å². The lowest BCUT2D eigenvalue weighted by Crippen LogP contribution is -2.43. The molecule has 1 N–H and O–H groups in total. The first-order valence-electron chi connectivity index (χ1n) is 7.78. The number of nitrogens with one attached hydrogen (secondary N) is 1. The van der Waals surface area contributed by atoms with Gasteiger partial charge < -0.3 is 5.32 Å². The standard InChI is InChI=1S/C16H33NS/c1-6-7-8-11-18-15-12-13(16(2,3)4)9-10-14(15)17-5/h13-15,17H,6-12H2,1-5H3. The van der Waals surface area contributed by atoms with Crippen molar-refractivity contribution < 1.29 is 0 Å². The second-order valence-electron chi connectivity index (χ2n) is 6.89. The maximum Gasteiger partial charge on any atom is 0.0203 e. The Bertz CT molecular complexity index is 222. The molecule has 3 atom stereocenters. The van der Waals surface area contributed by atoms with Crippen LogP contribution in [0.2, 0.25) is 0 Å². The Morgan fingerprint density at radius 3 is 2.44 bits per heavy atom. The van der Waals surface area contributed by atoms with Crippen LogP contribution in [0.15, 0.2) is 0 Å². The van der Waals surface area contributed by atoms with Crippen LogP contribution in [0.3, 0.4) is 0 Å². The summed E-state index contributed by atoms with van der Waals surface area (Å²) in [7, 11) is 2.14. The predicted octanol–water partition coefficient (Wildman–Crippen LogP) is 4.71. The first-order valence-corrected chi connectivity index (χ1v) is 8.82. The second kappa shape index (κ2) is 7.79. The summed E-state index contributed by atoms with van der Waals surface area (Å²) in [4.78, 5) is 0. The molecule has 0 amide bonds. The highest BCUT2D eigenvalue weighted by molar-refractivity contribution is 7.99. The van der Waals surface area contributed by atoms with Crippen LogP contribution in [0, 0.1) is 11.3 Å². The Kier molecular flexibility index (Phi) is 7.08. The number of hydrogen-bond acceptors (Lipinski definition) is 2. The van der Waals surface area contributed by atoms with E-state index in [0.29, 0.717) is 5.41 Å². The third kappa shape index (κ3) is 5.13. The smallest absolute Gasteiger partial charge is 0.0203 e. The molecule has 0 radical (unpaired) electrons. The molecule has 0 aromatic rings. The molecule has 0 aromatic heterocycles. The summed E-state index contributed by atoms with van der Waals surface area (Å²) < 4.78 is 0. The normalized spacial score (nSPS) is 29.5. The maximum absolute atomic E-state index is 3.55. The molecule has 0 bridgehead atoms. The number of unbranched alkanes of at least 4 members (excludes halogenated alkanes) is 2. The highest BCUT2D eigenvalue weighted by atomic mass is 32.2. The van der Waals surface area contributed by atoms with Gasteiger partial charge in [-0.1, -0.05) is 40.5 Å². The van der Waals surface area contributed by atoms with Gasteiger partial charge in [0.1, 0.15) is 0 Å². The van der Waals surface area contributed by atoms with Crippen molar-refractivity contribution >= 4 is 11.8 Å². The molecule has 108 valence electrons. The van der Waals surface area contributed by atoms with Gasteiger partial charge in [0.25, 0.3) is 0 Å². The van der Waals surface area contributed by atoms with E-state index in [0.717, 1.165) is 17.2 Å². The fourth-order valence-electron chi connectivity index (χ4n) is 3.02.